The van der Waals surface area contributed by atoms with Crippen molar-refractivity contribution in [2.45, 2.75) is 45.3 Å². The fraction of sp³-hybridized carbons (Fsp3) is 0.917. The van der Waals surface area contributed by atoms with Crippen LogP contribution in [0.4, 0.5) is 0 Å². The second kappa shape index (κ2) is 4.49. The molecule has 3 atom stereocenters. The summed E-state index contributed by atoms with van der Waals surface area (Å²) in [6.45, 7) is 6.42. The highest BCUT2D eigenvalue weighted by Gasteiger charge is 2.46. The second-order valence-corrected chi connectivity index (χ2v) is 7.96. The number of amides is 1. The molecule has 2 aliphatic heterocycles. The zero-order chi connectivity index (χ0) is 13.6. The molecule has 0 radical (unpaired) electrons. The summed E-state index contributed by atoms with van der Waals surface area (Å²) >= 11 is 0. The van der Waals surface area contributed by atoms with Crippen molar-refractivity contribution >= 4 is 15.7 Å². The van der Waals surface area contributed by atoms with E-state index in [4.69, 9.17) is 0 Å². The normalized spacial score (nSPS) is 39.5. The summed E-state index contributed by atoms with van der Waals surface area (Å²) in [4.78, 5) is 14.1. The standard InChI is InChI=1S/C12H22N2O3S/c1-4-12(3)11(15)14(9(2)13-12)7-10-5-6-18(16,17)8-10/h9-10,13H,4-8H2,1-3H3. The van der Waals surface area contributed by atoms with Crippen LogP contribution in [-0.4, -0.2) is 49.0 Å². The number of carbonyl (C=O) groups excluding carboxylic acids is 1. The largest absolute Gasteiger partial charge is 0.326 e. The minimum Gasteiger partial charge on any atom is -0.326 e. The molecule has 0 spiro atoms. The molecule has 1 amide bonds. The van der Waals surface area contributed by atoms with Gasteiger partial charge in [-0.1, -0.05) is 6.92 Å². The summed E-state index contributed by atoms with van der Waals surface area (Å²) in [5, 5.41) is 3.30. The van der Waals surface area contributed by atoms with Gasteiger partial charge in [0, 0.05) is 6.54 Å². The van der Waals surface area contributed by atoms with Gasteiger partial charge in [-0.05, 0) is 32.6 Å². The summed E-state index contributed by atoms with van der Waals surface area (Å²) in [6.07, 6.45) is 1.42. The van der Waals surface area contributed by atoms with Crippen LogP contribution in [0.1, 0.15) is 33.6 Å². The zero-order valence-corrected chi connectivity index (χ0v) is 12.1. The molecule has 2 rings (SSSR count). The second-order valence-electron chi connectivity index (χ2n) is 5.73. The third-order valence-corrected chi connectivity index (χ3v) is 6.05. The van der Waals surface area contributed by atoms with Gasteiger partial charge in [0.2, 0.25) is 5.91 Å². The summed E-state index contributed by atoms with van der Waals surface area (Å²) in [7, 11) is -2.86. The zero-order valence-electron chi connectivity index (χ0n) is 11.3. The van der Waals surface area contributed by atoms with Gasteiger partial charge < -0.3 is 4.90 Å². The van der Waals surface area contributed by atoms with E-state index >= 15 is 0 Å². The number of sulfone groups is 1. The van der Waals surface area contributed by atoms with Crippen LogP contribution < -0.4 is 5.32 Å². The van der Waals surface area contributed by atoms with Gasteiger partial charge in [0.1, 0.15) is 0 Å². The maximum absolute atomic E-state index is 12.3. The first-order chi connectivity index (χ1) is 8.27. The Morgan fingerprint density at radius 2 is 2.17 bits per heavy atom. The Bertz CT molecular complexity index is 448. The van der Waals surface area contributed by atoms with E-state index in [1.165, 1.54) is 0 Å². The lowest BCUT2D eigenvalue weighted by atomic mass is 9.99. The molecular formula is C12H22N2O3S. The summed E-state index contributed by atoms with van der Waals surface area (Å²) in [6, 6.07) is 0. The number of hydrogen-bond acceptors (Lipinski definition) is 4. The van der Waals surface area contributed by atoms with Gasteiger partial charge in [0.15, 0.2) is 9.84 Å². The van der Waals surface area contributed by atoms with Gasteiger partial charge in [-0.2, -0.15) is 0 Å². The Balaban J connectivity index is 2.05. The van der Waals surface area contributed by atoms with Crippen LogP contribution in [0.5, 0.6) is 0 Å². The van der Waals surface area contributed by atoms with Gasteiger partial charge in [0.25, 0.3) is 0 Å². The van der Waals surface area contributed by atoms with Crippen molar-refractivity contribution in [2.75, 3.05) is 18.1 Å². The number of carbonyl (C=O) groups is 1. The molecule has 1 N–H and O–H groups in total. The van der Waals surface area contributed by atoms with Gasteiger partial charge in [-0.25, -0.2) is 8.42 Å². The molecule has 5 nitrogen and oxygen atoms in total. The molecule has 2 saturated heterocycles. The van der Waals surface area contributed by atoms with E-state index in [2.05, 4.69) is 5.32 Å². The molecule has 3 unspecified atom stereocenters. The molecule has 6 heteroatoms. The van der Waals surface area contributed by atoms with E-state index in [9.17, 15) is 13.2 Å². The molecule has 18 heavy (non-hydrogen) atoms. The topological polar surface area (TPSA) is 66.5 Å². The first-order valence-electron chi connectivity index (χ1n) is 6.56. The van der Waals surface area contributed by atoms with Gasteiger partial charge >= 0.3 is 0 Å². The van der Waals surface area contributed by atoms with Crippen LogP contribution in [0.25, 0.3) is 0 Å². The van der Waals surface area contributed by atoms with E-state index in [1.54, 1.807) is 4.90 Å². The van der Waals surface area contributed by atoms with Crippen molar-refractivity contribution < 1.29 is 13.2 Å². The maximum atomic E-state index is 12.3. The van der Waals surface area contributed by atoms with E-state index < -0.39 is 15.4 Å². The fourth-order valence-electron chi connectivity index (χ4n) is 2.88. The number of hydrogen-bond donors (Lipinski definition) is 1. The lowest BCUT2D eigenvalue weighted by Gasteiger charge is -2.24. The van der Waals surface area contributed by atoms with Crippen LogP contribution in [-0.2, 0) is 14.6 Å². The molecule has 0 aromatic rings. The molecule has 0 aromatic heterocycles. The van der Waals surface area contributed by atoms with Gasteiger partial charge in [0.05, 0.1) is 23.2 Å². The van der Waals surface area contributed by atoms with Crippen molar-refractivity contribution in [1.29, 1.82) is 0 Å². The molecule has 0 saturated carbocycles. The van der Waals surface area contributed by atoms with E-state index in [0.717, 1.165) is 6.42 Å². The molecule has 2 heterocycles. The minimum absolute atomic E-state index is 0.00856. The van der Waals surface area contributed by atoms with Gasteiger partial charge in [-0.3, -0.25) is 10.1 Å². The minimum atomic E-state index is -2.86. The van der Waals surface area contributed by atoms with Crippen molar-refractivity contribution in [2.24, 2.45) is 5.92 Å². The highest BCUT2D eigenvalue weighted by atomic mass is 32.2. The van der Waals surface area contributed by atoms with Crippen LogP contribution in [0.15, 0.2) is 0 Å². The van der Waals surface area contributed by atoms with Gasteiger partial charge in [-0.15, -0.1) is 0 Å². The van der Waals surface area contributed by atoms with Crippen molar-refractivity contribution in [3.05, 3.63) is 0 Å². The first kappa shape index (κ1) is 13.8. The maximum Gasteiger partial charge on any atom is 0.243 e. The smallest absolute Gasteiger partial charge is 0.243 e. The van der Waals surface area contributed by atoms with Crippen molar-refractivity contribution in [3.8, 4) is 0 Å². The summed E-state index contributed by atoms with van der Waals surface area (Å²) < 4.78 is 22.9. The summed E-state index contributed by atoms with van der Waals surface area (Å²) in [5.41, 5.74) is -0.489. The van der Waals surface area contributed by atoms with Crippen LogP contribution in [0.2, 0.25) is 0 Å². The van der Waals surface area contributed by atoms with Crippen LogP contribution >= 0.6 is 0 Å². The molecule has 104 valence electrons. The molecule has 0 aromatic carbocycles. The monoisotopic (exact) mass is 274 g/mol. The lowest BCUT2D eigenvalue weighted by Crippen LogP contribution is -2.43. The fourth-order valence-corrected chi connectivity index (χ4v) is 4.73. The predicted octanol–water partition coefficient (Wildman–Crippen LogP) is 0.368. The van der Waals surface area contributed by atoms with Crippen LogP contribution in [0.3, 0.4) is 0 Å². The van der Waals surface area contributed by atoms with E-state index in [-0.39, 0.29) is 29.5 Å². The SMILES string of the molecule is CCC1(C)NC(C)N(CC2CCS(=O)(=O)C2)C1=O. The third-order valence-electron chi connectivity index (χ3n) is 4.22. The van der Waals surface area contributed by atoms with E-state index in [0.29, 0.717) is 13.0 Å². The molecule has 2 aliphatic rings. The Morgan fingerprint density at radius 3 is 2.61 bits per heavy atom. The Labute approximate surface area is 109 Å². The van der Waals surface area contributed by atoms with Crippen LogP contribution in [0, 0.1) is 5.92 Å². The highest BCUT2D eigenvalue weighted by Crippen LogP contribution is 2.27. The highest BCUT2D eigenvalue weighted by molar-refractivity contribution is 7.91. The Morgan fingerprint density at radius 1 is 1.50 bits per heavy atom. The Hall–Kier alpha value is -0.620. The quantitative estimate of drug-likeness (QED) is 0.807. The molecule has 2 fully saturated rings. The average Bonchev–Trinajstić information content (AvgIpc) is 2.73. The average molecular weight is 274 g/mol. The third kappa shape index (κ3) is 2.40. The summed E-state index contributed by atoms with van der Waals surface area (Å²) in [5.74, 6) is 0.697. The Kier molecular flexibility index (Phi) is 3.44. The predicted molar refractivity (Wildman–Crippen MR) is 69.8 cm³/mol. The lowest BCUT2D eigenvalue weighted by molar-refractivity contribution is -0.133. The molecule has 0 bridgehead atoms. The first-order valence-corrected chi connectivity index (χ1v) is 8.39. The van der Waals surface area contributed by atoms with E-state index in [1.807, 2.05) is 20.8 Å². The molecule has 0 aliphatic carbocycles. The van der Waals surface area contributed by atoms with Crippen molar-refractivity contribution in [3.63, 3.8) is 0 Å². The number of rotatable bonds is 3. The van der Waals surface area contributed by atoms with Crippen molar-refractivity contribution in [1.82, 2.24) is 10.2 Å². The number of nitrogens with one attached hydrogen (secondary N) is 1. The molecular weight excluding hydrogens is 252 g/mol. The number of nitrogens with zero attached hydrogens (tertiary/aromatic N) is 1.